The summed E-state index contributed by atoms with van der Waals surface area (Å²) in [5.41, 5.74) is 8.21. The first-order chi connectivity index (χ1) is 5.83. The van der Waals surface area contributed by atoms with Crippen molar-refractivity contribution in [2.24, 2.45) is 11.0 Å². The average molecular weight is 171 g/mol. The summed E-state index contributed by atoms with van der Waals surface area (Å²) in [6.07, 6.45) is -0.941. The van der Waals surface area contributed by atoms with E-state index in [4.69, 9.17) is 15.0 Å². The minimum Gasteiger partial charge on any atom is -0.390 e. The van der Waals surface area contributed by atoms with Crippen LogP contribution in [-0.2, 0) is 9.47 Å². The molecule has 0 spiro atoms. The van der Waals surface area contributed by atoms with E-state index in [1.165, 1.54) is 0 Å². The van der Waals surface area contributed by atoms with Crippen LogP contribution in [0.4, 0.5) is 0 Å². The van der Waals surface area contributed by atoms with Crippen LogP contribution in [-0.4, -0.2) is 36.8 Å². The summed E-state index contributed by atoms with van der Waals surface area (Å²) >= 11 is 0. The SMILES string of the molecule is [N-]=[N+]=N[C@H]1CO[C@@H]2OC[C@H](O)[C@@H]21. The molecule has 6 heteroatoms. The van der Waals surface area contributed by atoms with Crippen LogP contribution in [0.25, 0.3) is 10.4 Å². The Hall–Kier alpha value is -0.810. The maximum atomic E-state index is 9.41. The number of rotatable bonds is 1. The molecule has 0 aromatic heterocycles. The Kier molecular flexibility index (Phi) is 1.90. The molecule has 66 valence electrons. The third-order valence-electron chi connectivity index (χ3n) is 2.27. The molecule has 6 nitrogen and oxygen atoms in total. The number of aliphatic hydroxyl groups excluding tert-OH is 1. The van der Waals surface area contributed by atoms with Crippen molar-refractivity contribution in [3.63, 3.8) is 0 Å². The summed E-state index contributed by atoms with van der Waals surface area (Å²) < 4.78 is 10.3. The molecule has 4 atom stereocenters. The summed E-state index contributed by atoms with van der Waals surface area (Å²) in [6.45, 7) is 0.614. The monoisotopic (exact) mass is 171 g/mol. The molecule has 2 aliphatic rings. The van der Waals surface area contributed by atoms with E-state index in [-0.39, 0.29) is 24.9 Å². The highest BCUT2D eigenvalue weighted by molar-refractivity contribution is 4.93. The van der Waals surface area contributed by atoms with E-state index in [0.29, 0.717) is 6.61 Å². The highest BCUT2D eigenvalue weighted by Gasteiger charge is 2.46. The van der Waals surface area contributed by atoms with Crippen LogP contribution in [0.5, 0.6) is 0 Å². The van der Waals surface area contributed by atoms with Gasteiger partial charge in [-0.25, -0.2) is 0 Å². The largest absolute Gasteiger partial charge is 0.390 e. The second-order valence-corrected chi connectivity index (χ2v) is 2.95. The van der Waals surface area contributed by atoms with Crippen LogP contribution in [0, 0.1) is 5.92 Å². The van der Waals surface area contributed by atoms with Gasteiger partial charge in [0.15, 0.2) is 6.29 Å². The number of ether oxygens (including phenoxy) is 2. The molecule has 2 rings (SSSR count). The van der Waals surface area contributed by atoms with Crippen molar-refractivity contribution in [2.75, 3.05) is 13.2 Å². The first-order valence-electron chi connectivity index (χ1n) is 3.78. The fraction of sp³-hybridized carbons (Fsp3) is 1.00. The van der Waals surface area contributed by atoms with Crippen molar-refractivity contribution in [1.82, 2.24) is 0 Å². The predicted octanol–water partition coefficient (Wildman–Crippen LogP) is 0.0289. The summed E-state index contributed by atoms with van der Waals surface area (Å²) in [7, 11) is 0. The normalized spacial score (nSPS) is 45.4. The number of aliphatic hydroxyl groups is 1. The van der Waals surface area contributed by atoms with Crippen molar-refractivity contribution < 1.29 is 14.6 Å². The molecule has 0 aliphatic carbocycles. The topological polar surface area (TPSA) is 87.5 Å². The van der Waals surface area contributed by atoms with Crippen LogP contribution in [0.1, 0.15) is 0 Å². The zero-order chi connectivity index (χ0) is 8.55. The lowest BCUT2D eigenvalue weighted by Gasteiger charge is -2.12. The predicted molar refractivity (Wildman–Crippen MR) is 38.1 cm³/mol. The molecular weight excluding hydrogens is 162 g/mol. The Morgan fingerprint density at radius 1 is 1.42 bits per heavy atom. The average Bonchev–Trinajstić information content (AvgIpc) is 2.58. The van der Waals surface area contributed by atoms with Crippen LogP contribution in [0.15, 0.2) is 5.11 Å². The zero-order valence-electron chi connectivity index (χ0n) is 6.33. The van der Waals surface area contributed by atoms with E-state index in [1.54, 1.807) is 0 Å². The molecule has 0 radical (unpaired) electrons. The van der Waals surface area contributed by atoms with Gasteiger partial charge >= 0.3 is 0 Å². The van der Waals surface area contributed by atoms with E-state index in [2.05, 4.69) is 10.0 Å². The number of hydrogen-bond donors (Lipinski definition) is 1. The molecule has 2 heterocycles. The van der Waals surface area contributed by atoms with Crippen molar-refractivity contribution in [3.8, 4) is 0 Å². The molecule has 12 heavy (non-hydrogen) atoms. The Morgan fingerprint density at radius 2 is 2.17 bits per heavy atom. The second kappa shape index (κ2) is 2.91. The Morgan fingerprint density at radius 3 is 2.92 bits per heavy atom. The van der Waals surface area contributed by atoms with Gasteiger partial charge in [-0.05, 0) is 5.53 Å². The van der Waals surface area contributed by atoms with Gasteiger partial charge in [-0.15, -0.1) is 0 Å². The molecule has 1 N–H and O–H groups in total. The van der Waals surface area contributed by atoms with E-state index in [1.807, 2.05) is 0 Å². The smallest absolute Gasteiger partial charge is 0.163 e. The Labute approximate surface area is 68.7 Å². The standard InChI is InChI=1S/C6H9N3O3/c7-9-8-3-1-11-6-5(3)4(10)2-12-6/h3-6,10H,1-2H2/t3-,4-,5-,6+/m0/s1. The van der Waals surface area contributed by atoms with Gasteiger partial charge in [0.1, 0.15) is 0 Å². The highest BCUT2D eigenvalue weighted by Crippen LogP contribution is 2.33. The molecule has 0 aromatic rings. The number of nitrogens with zero attached hydrogens (tertiary/aromatic N) is 3. The summed E-state index contributed by atoms with van der Waals surface area (Å²) in [6, 6.07) is -0.280. The molecule has 0 saturated carbocycles. The van der Waals surface area contributed by atoms with Gasteiger partial charge < -0.3 is 14.6 Å². The third kappa shape index (κ3) is 1.05. The molecule has 0 amide bonds. The van der Waals surface area contributed by atoms with Crippen molar-refractivity contribution in [2.45, 2.75) is 18.4 Å². The van der Waals surface area contributed by atoms with Gasteiger partial charge in [-0.2, -0.15) is 0 Å². The van der Waals surface area contributed by atoms with E-state index < -0.39 is 6.10 Å². The lowest BCUT2D eigenvalue weighted by Crippen LogP contribution is -2.28. The van der Waals surface area contributed by atoms with Gasteiger partial charge in [-0.1, -0.05) is 5.11 Å². The van der Waals surface area contributed by atoms with Crippen LogP contribution >= 0.6 is 0 Å². The van der Waals surface area contributed by atoms with Crippen molar-refractivity contribution in [1.29, 1.82) is 0 Å². The van der Waals surface area contributed by atoms with E-state index in [0.717, 1.165) is 0 Å². The zero-order valence-corrected chi connectivity index (χ0v) is 6.33. The fourth-order valence-electron chi connectivity index (χ4n) is 1.68. The molecule has 2 fully saturated rings. The quantitative estimate of drug-likeness (QED) is 0.343. The molecule has 2 aliphatic heterocycles. The number of hydrogen-bond acceptors (Lipinski definition) is 4. The van der Waals surface area contributed by atoms with Gasteiger partial charge in [-0.3, -0.25) is 0 Å². The number of fused-ring (bicyclic) bond motifs is 1. The molecule has 2 saturated heterocycles. The van der Waals surface area contributed by atoms with E-state index >= 15 is 0 Å². The van der Waals surface area contributed by atoms with Crippen LogP contribution in [0.3, 0.4) is 0 Å². The minimum atomic E-state index is -0.562. The third-order valence-corrected chi connectivity index (χ3v) is 2.27. The summed E-state index contributed by atoms with van der Waals surface area (Å²) in [5, 5.41) is 12.9. The maximum Gasteiger partial charge on any atom is 0.163 e. The van der Waals surface area contributed by atoms with Gasteiger partial charge in [0.25, 0.3) is 0 Å². The lowest BCUT2D eigenvalue weighted by atomic mass is 9.99. The van der Waals surface area contributed by atoms with Gasteiger partial charge in [0.2, 0.25) is 0 Å². The van der Waals surface area contributed by atoms with Gasteiger partial charge in [0.05, 0.1) is 25.4 Å². The highest BCUT2D eigenvalue weighted by atomic mass is 16.7. The summed E-state index contributed by atoms with van der Waals surface area (Å²) in [4.78, 5) is 2.69. The second-order valence-electron chi connectivity index (χ2n) is 2.95. The summed E-state index contributed by atoms with van der Waals surface area (Å²) in [5.74, 6) is -0.180. The number of azide groups is 1. The van der Waals surface area contributed by atoms with E-state index in [9.17, 15) is 5.11 Å². The Balaban J connectivity index is 2.13. The first-order valence-corrected chi connectivity index (χ1v) is 3.78. The molecule has 0 bridgehead atoms. The molecule has 0 unspecified atom stereocenters. The lowest BCUT2D eigenvalue weighted by molar-refractivity contribution is -0.0907. The molecule has 0 aromatic carbocycles. The Bertz CT molecular complexity index is 228. The van der Waals surface area contributed by atoms with Crippen LogP contribution < -0.4 is 0 Å². The van der Waals surface area contributed by atoms with Crippen molar-refractivity contribution in [3.05, 3.63) is 10.4 Å². The fourth-order valence-corrected chi connectivity index (χ4v) is 1.68. The maximum absolute atomic E-state index is 9.41. The van der Waals surface area contributed by atoms with Gasteiger partial charge in [0, 0.05) is 10.8 Å². The molecular formula is C6H9N3O3. The van der Waals surface area contributed by atoms with Crippen LogP contribution in [0.2, 0.25) is 0 Å². The van der Waals surface area contributed by atoms with Crippen molar-refractivity contribution >= 4 is 0 Å². The minimum absolute atomic E-state index is 0.180. The first kappa shape index (κ1) is 7.82.